The van der Waals surface area contributed by atoms with E-state index >= 15 is 0 Å². The van der Waals surface area contributed by atoms with Crippen molar-refractivity contribution in [1.29, 1.82) is 0 Å². The van der Waals surface area contributed by atoms with Crippen molar-refractivity contribution >= 4 is 12.0 Å². The summed E-state index contributed by atoms with van der Waals surface area (Å²) in [6.07, 6.45) is 12.2. The van der Waals surface area contributed by atoms with Gasteiger partial charge in [0.2, 0.25) is 5.91 Å². The zero-order valence-electron chi connectivity index (χ0n) is 17.8. The third kappa shape index (κ3) is 2.56. The molecule has 1 heterocycles. The minimum atomic E-state index is 0.332. The number of likely N-dealkylation sites (tertiary alicyclic amines) is 1. The molecule has 0 radical (unpaired) electrons. The molecule has 150 valence electrons. The van der Waals surface area contributed by atoms with Crippen molar-refractivity contribution in [1.82, 2.24) is 4.90 Å². The average Bonchev–Trinajstić information content (AvgIpc) is 3.02. The van der Waals surface area contributed by atoms with Gasteiger partial charge in [0.25, 0.3) is 0 Å². The highest BCUT2D eigenvalue weighted by atomic mass is 16.2. The van der Waals surface area contributed by atoms with Crippen LogP contribution in [0.5, 0.6) is 0 Å². The van der Waals surface area contributed by atoms with E-state index in [1.165, 1.54) is 44.1 Å². The van der Waals surface area contributed by atoms with E-state index in [2.05, 4.69) is 62.2 Å². The molecule has 3 saturated carbocycles. The van der Waals surface area contributed by atoms with Gasteiger partial charge in [0, 0.05) is 19.5 Å². The number of benzene rings is 1. The molecule has 0 aromatic heterocycles. The predicted molar refractivity (Wildman–Crippen MR) is 115 cm³/mol. The number of piperidine rings is 1. The van der Waals surface area contributed by atoms with Gasteiger partial charge in [0.1, 0.15) is 0 Å². The van der Waals surface area contributed by atoms with Crippen molar-refractivity contribution in [2.24, 2.45) is 28.6 Å². The molecule has 1 aliphatic heterocycles. The summed E-state index contributed by atoms with van der Waals surface area (Å²) in [5.41, 5.74) is 3.78. The Bertz CT molecular complexity index is 798. The minimum Gasteiger partial charge on any atom is -0.342 e. The van der Waals surface area contributed by atoms with E-state index in [9.17, 15) is 4.79 Å². The van der Waals surface area contributed by atoms with Gasteiger partial charge >= 0.3 is 0 Å². The van der Waals surface area contributed by atoms with Crippen molar-refractivity contribution < 1.29 is 4.79 Å². The number of allylic oxidation sites excluding steroid dienone is 1. The van der Waals surface area contributed by atoms with Crippen molar-refractivity contribution in [3.8, 4) is 0 Å². The van der Waals surface area contributed by atoms with Crippen LogP contribution >= 0.6 is 0 Å². The van der Waals surface area contributed by atoms with E-state index in [4.69, 9.17) is 0 Å². The number of nitrogens with zero attached hydrogens (tertiary/aromatic N) is 1. The highest BCUT2D eigenvalue weighted by Gasteiger charge is 2.59. The van der Waals surface area contributed by atoms with Gasteiger partial charge in [-0.2, -0.15) is 0 Å². The van der Waals surface area contributed by atoms with Gasteiger partial charge in [-0.15, -0.1) is 0 Å². The van der Waals surface area contributed by atoms with Crippen LogP contribution in [0.2, 0.25) is 0 Å². The number of carbonyl (C=O) groups excluding carboxylic acids is 1. The largest absolute Gasteiger partial charge is 0.342 e. The summed E-state index contributed by atoms with van der Waals surface area (Å²) < 4.78 is 0. The van der Waals surface area contributed by atoms with Gasteiger partial charge in [0.05, 0.1) is 0 Å². The minimum absolute atomic E-state index is 0.332. The van der Waals surface area contributed by atoms with Gasteiger partial charge in [-0.25, -0.2) is 0 Å². The fourth-order valence-corrected chi connectivity index (χ4v) is 7.99. The fourth-order valence-electron chi connectivity index (χ4n) is 7.99. The number of amides is 1. The lowest BCUT2D eigenvalue weighted by molar-refractivity contribution is -0.156. The molecule has 1 aromatic rings. The SMILES string of the molecule is CN1C(=O)CC[C@@]2(C)C1CC[C@@H]1[C@H]2CC[C@]2(C)C(=Cc3ccccc3)CC[C@@H]12. The Hall–Kier alpha value is -1.57. The van der Waals surface area contributed by atoms with Crippen LogP contribution < -0.4 is 0 Å². The van der Waals surface area contributed by atoms with E-state index in [1.807, 2.05) is 0 Å². The molecular weight excluding hydrogens is 342 g/mol. The van der Waals surface area contributed by atoms with Crippen LogP contribution in [0.1, 0.15) is 70.8 Å². The zero-order valence-corrected chi connectivity index (χ0v) is 17.8. The summed E-state index contributed by atoms with van der Waals surface area (Å²) in [6.45, 7) is 5.09. The summed E-state index contributed by atoms with van der Waals surface area (Å²) in [6, 6.07) is 11.4. The van der Waals surface area contributed by atoms with Crippen molar-refractivity contribution in [3.63, 3.8) is 0 Å². The number of fused-ring (bicyclic) bond motifs is 5. The van der Waals surface area contributed by atoms with Crippen molar-refractivity contribution in [2.45, 2.75) is 71.3 Å². The zero-order chi connectivity index (χ0) is 19.5. The number of hydrogen-bond donors (Lipinski definition) is 0. The monoisotopic (exact) mass is 377 g/mol. The van der Waals surface area contributed by atoms with E-state index in [0.29, 0.717) is 22.8 Å². The molecule has 5 rings (SSSR count). The van der Waals surface area contributed by atoms with E-state index in [-0.39, 0.29) is 0 Å². The Balaban J connectivity index is 1.44. The van der Waals surface area contributed by atoms with E-state index in [0.717, 1.165) is 30.6 Å². The maximum absolute atomic E-state index is 12.3. The summed E-state index contributed by atoms with van der Waals surface area (Å²) in [5.74, 6) is 2.86. The highest BCUT2D eigenvalue weighted by molar-refractivity contribution is 5.77. The topological polar surface area (TPSA) is 20.3 Å². The first kappa shape index (κ1) is 18.5. The predicted octanol–water partition coefficient (Wildman–Crippen LogP) is 5.93. The first-order valence-electron chi connectivity index (χ1n) is 11.5. The summed E-state index contributed by atoms with van der Waals surface area (Å²) >= 11 is 0. The molecule has 4 fully saturated rings. The Morgan fingerprint density at radius 3 is 2.54 bits per heavy atom. The first-order chi connectivity index (χ1) is 13.4. The highest BCUT2D eigenvalue weighted by Crippen LogP contribution is 2.66. The molecule has 1 unspecified atom stereocenters. The van der Waals surface area contributed by atoms with Gasteiger partial charge in [-0.1, -0.05) is 55.8 Å². The lowest BCUT2D eigenvalue weighted by Gasteiger charge is -2.61. The average molecular weight is 378 g/mol. The van der Waals surface area contributed by atoms with Gasteiger partial charge < -0.3 is 4.90 Å². The van der Waals surface area contributed by atoms with E-state index in [1.54, 1.807) is 5.57 Å². The van der Waals surface area contributed by atoms with Crippen LogP contribution in [0, 0.1) is 28.6 Å². The molecule has 1 amide bonds. The smallest absolute Gasteiger partial charge is 0.222 e. The number of carbonyl (C=O) groups is 1. The third-order valence-electron chi connectivity index (χ3n) is 9.55. The van der Waals surface area contributed by atoms with Gasteiger partial charge in [-0.05, 0) is 79.1 Å². The van der Waals surface area contributed by atoms with Crippen LogP contribution in [0.25, 0.3) is 6.08 Å². The van der Waals surface area contributed by atoms with Crippen LogP contribution in [0.15, 0.2) is 35.9 Å². The van der Waals surface area contributed by atoms with Crippen LogP contribution in [0.3, 0.4) is 0 Å². The molecule has 28 heavy (non-hydrogen) atoms. The van der Waals surface area contributed by atoms with Gasteiger partial charge in [0.15, 0.2) is 0 Å². The molecular formula is C26H35NO. The first-order valence-corrected chi connectivity index (χ1v) is 11.5. The lowest BCUT2D eigenvalue weighted by Crippen LogP contribution is -2.61. The molecule has 0 bridgehead atoms. The Kier molecular flexibility index (Phi) is 4.27. The molecule has 1 saturated heterocycles. The van der Waals surface area contributed by atoms with Crippen LogP contribution in [-0.2, 0) is 4.79 Å². The van der Waals surface area contributed by atoms with Crippen LogP contribution in [-0.4, -0.2) is 23.9 Å². The Morgan fingerprint density at radius 2 is 1.75 bits per heavy atom. The third-order valence-corrected chi connectivity index (χ3v) is 9.55. The maximum Gasteiger partial charge on any atom is 0.222 e. The molecule has 1 aromatic carbocycles. The van der Waals surface area contributed by atoms with E-state index < -0.39 is 0 Å². The molecule has 2 nitrogen and oxygen atoms in total. The molecule has 2 heteroatoms. The molecule has 0 N–H and O–H groups in total. The molecule has 3 aliphatic carbocycles. The lowest BCUT2D eigenvalue weighted by atomic mass is 9.47. The number of hydrogen-bond acceptors (Lipinski definition) is 1. The second-order valence-electron chi connectivity index (χ2n) is 10.6. The maximum atomic E-state index is 12.3. The number of rotatable bonds is 1. The normalized spacial score (nSPS) is 44.2. The quantitative estimate of drug-likeness (QED) is 0.593. The fraction of sp³-hybridized carbons (Fsp3) is 0.654. The van der Waals surface area contributed by atoms with Crippen molar-refractivity contribution in [3.05, 3.63) is 41.5 Å². The molecule has 6 atom stereocenters. The molecule has 0 spiro atoms. The van der Waals surface area contributed by atoms with Crippen molar-refractivity contribution in [2.75, 3.05) is 7.05 Å². The summed E-state index contributed by atoms with van der Waals surface area (Å²) in [7, 11) is 2.06. The van der Waals surface area contributed by atoms with Gasteiger partial charge in [-0.3, -0.25) is 4.79 Å². The summed E-state index contributed by atoms with van der Waals surface area (Å²) in [5, 5.41) is 0. The molecule has 4 aliphatic rings. The summed E-state index contributed by atoms with van der Waals surface area (Å²) in [4.78, 5) is 14.4. The standard InChI is InChI=1S/C26H35NO/c1-25-15-13-22-20(10-12-23-26(22,2)16-14-24(28)27(23)3)21(25)11-9-19(25)17-18-7-5-4-6-8-18/h4-8,17,20-23H,9-16H2,1-3H3/t20-,21-,22+,23?,25+,26+/m0/s1. The Morgan fingerprint density at radius 1 is 0.964 bits per heavy atom. The Labute approximate surface area is 170 Å². The second kappa shape index (κ2) is 6.47. The second-order valence-corrected chi connectivity index (χ2v) is 10.6. The van der Waals surface area contributed by atoms with Crippen LogP contribution in [0.4, 0.5) is 0 Å².